The van der Waals surface area contributed by atoms with E-state index in [4.69, 9.17) is 0 Å². The number of amides is 2. The number of carbonyl (C=O) groups is 2. The first-order chi connectivity index (χ1) is 8.81. The topological polar surface area (TPSA) is 57.6 Å². The normalized spacial score (nSPS) is 19.9. The smallest absolute Gasteiger partial charge is 0.235 e. The summed E-state index contributed by atoms with van der Waals surface area (Å²) in [5.74, 6) is -0.958. The largest absolute Gasteiger partial charge is 0.387 e. The molecular weight excluding hydrogens is 249 g/mol. The van der Waals surface area contributed by atoms with E-state index in [0.29, 0.717) is 5.56 Å². The third kappa shape index (κ3) is 2.66. The van der Waals surface area contributed by atoms with Crippen LogP contribution in [-0.2, 0) is 9.59 Å². The van der Waals surface area contributed by atoms with Gasteiger partial charge in [0.2, 0.25) is 11.8 Å². The van der Waals surface area contributed by atoms with Crippen LogP contribution < -0.4 is 0 Å². The summed E-state index contributed by atoms with van der Waals surface area (Å²) in [5, 5.41) is 10.0. The fourth-order valence-electron chi connectivity index (χ4n) is 2.18. The molecule has 1 aromatic rings. The molecule has 1 saturated heterocycles. The molecule has 1 fully saturated rings. The van der Waals surface area contributed by atoms with Crippen LogP contribution in [-0.4, -0.2) is 28.4 Å². The van der Waals surface area contributed by atoms with Crippen LogP contribution in [0, 0.1) is 11.2 Å². The van der Waals surface area contributed by atoms with E-state index in [0.717, 1.165) is 4.90 Å². The molecule has 102 valence electrons. The lowest BCUT2D eigenvalue weighted by molar-refractivity contribution is -0.142. The van der Waals surface area contributed by atoms with Gasteiger partial charge in [0.15, 0.2) is 0 Å². The van der Waals surface area contributed by atoms with Gasteiger partial charge in [-0.25, -0.2) is 4.39 Å². The predicted molar refractivity (Wildman–Crippen MR) is 66.5 cm³/mol. The van der Waals surface area contributed by atoms with Crippen molar-refractivity contribution in [3.05, 3.63) is 35.6 Å². The maximum atomic E-state index is 12.8. The monoisotopic (exact) mass is 265 g/mol. The summed E-state index contributed by atoms with van der Waals surface area (Å²) >= 11 is 0. The maximum absolute atomic E-state index is 12.8. The standard InChI is InChI=1S/C14H16FNO3/c1-14(2)7-12(18)16(13(14)19)8-11(17)9-3-5-10(15)6-4-9/h3-6,11,17H,7-8H2,1-2H3. The van der Waals surface area contributed by atoms with Crippen LogP contribution in [0.25, 0.3) is 0 Å². The minimum absolute atomic E-state index is 0.0905. The number of benzene rings is 1. The number of β-amino-alcohol motifs (C(OH)–C–C–N with tert-alkyl or cyclic N) is 1. The number of likely N-dealkylation sites (tertiary alicyclic amines) is 1. The van der Waals surface area contributed by atoms with Crippen molar-refractivity contribution in [1.29, 1.82) is 0 Å². The van der Waals surface area contributed by atoms with Crippen molar-refractivity contribution in [3.63, 3.8) is 0 Å². The molecule has 0 bridgehead atoms. The first-order valence-electron chi connectivity index (χ1n) is 6.09. The van der Waals surface area contributed by atoms with Gasteiger partial charge in [-0.05, 0) is 17.7 Å². The van der Waals surface area contributed by atoms with Crippen molar-refractivity contribution >= 4 is 11.8 Å². The molecule has 1 aliphatic heterocycles. The average molecular weight is 265 g/mol. The minimum Gasteiger partial charge on any atom is -0.387 e. The van der Waals surface area contributed by atoms with Crippen molar-refractivity contribution in [1.82, 2.24) is 4.90 Å². The third-order valence-corrected chi connectivity index (χ3v) is 3.33. The van der Waals surface area contributed by atoms with Crippen LogP contribution >= 0.6 is 0 Å². The molecule has 2 rings (SSSR count). The van der Waals surface area contributed by atoms with Gasteiger partial charge >= 0.3 is 0 Å². The number of carbonyl (C=O) groups excluding carboxylic acids is 2. The highest BCUT2D eigenvalue weighted by atomic mass is 19.1. The SMILES string of the molecule is CC1(C)CC(=O)N(CC(O)c2ccc(F)cc2)C1=O. The van der Waals surface area contributed by atoms with Crippen LogP contribution in [0.2, 0.25) is 0 Å². The molecule has 0 spiro atoms. The van der Waals surface area contributed by atoms with E-state index in [2.05, 4.69) is 0 Å². The van der Waals surface area contributed by atoms with Crippen LogP contribution in [0.5, 0.6) is 0 Å². The summed E-state index contributed by atoms with van der Waals surface area (Å²) in [4.78, 5) is 24.8. The Morgan fingerprint density at radius 3 is 2.37 bits per heavy atom. The van der Waals surface area contributed by atoms with Gasteiger partial charge < -0.3 is 5.11 Å². The molecular formula is C14H16FNO3. The molecule has 1 heterocycles. The average Bonchev–Trinajstić information content (AvgIpc) is 2.52. The van der Waals surface area contributed by atoms with Crippen molar-refractivity contribution in [2.45, 2.75) is 26.4 Å². The van der Waals surface area contributed by atoms with Crippen molar-refractivity contribution < 1.29 is 19.1 Å². The molecule has 1 atom stereocenters. The van der Waals surface area contributed by atoms with Gasteiger partial charge in [0.1, 0.15) is 5.82 Å². The second kappa shape index (κ2) is 4.74. The minimum atomic E-state index is -0.998. The van der Waals surface area contributed by atoms with Gasteiger partial charge in [0.05, 0.1) is 18.1 Å². The fraction of sp³-hybridized carbons (Fsp3) is 0.429. The van der Waals surface area contributed by atoms with E-state index in [1.807, 2.05) is 0 Å². The number of hydrogen-bond donors (Lipinski definition) is 1. The Kier molecular flexibility index (Phi) is 3.41. The molecule has 1 aliphatic rings. The zero-order valence-electron chi connectivity index (χ0n) is 10.9. The summed E-state index contributed by atoms with van der Waals surface area (Å²) in [6.07, 6.45) is -0.843. The highest BCUT2D eigenvalue weighted by Crippen LogP contribution is 2.32. The lowest BCUT2D eigenvalue weighted by Crippen LogP contribution is -2.36. The van der Waals surface area contributed by atoms with Crippen molar-refractivity contribution in [2.24, 2.45) is 5.41 Å². The fourth-order valence-corrected chi connectivity index (χ4v) is 2.18. The maximum Gasteiger partial charge on any atom is 0.235 e. The highest BCUT2D eigenvalue weighted by Gasteiger charge is 2.45. The third-order valence-electron chi connectivity index (χ3n) is 3.33. The lowest BCUT2D eigenvalue weighted by atomic mass is 9.92. The number of aliphatic hydroxyl groups excluding tert-OH is 1. The molecule has 19 heavy (non-hydrogen) atoms. The number of rotatable bonds is 3. The number of nitrogens with zero attached hydrogens (tertiary/aromatic N) is 1. The van der Waals surface area contributed by atoms with E-state index < -0.39 is 17.3 Å². The number of aliphatic hydroxyl groups is 1. The quantitative estimate of drug-likeness (QED) is 0.845. The zero-order chi connectivity index (χ0) is 14.2. The summed E-state index contributed by atoms with van der Waals surface area (Å²) in [5.41, 5.74) is -0.230. The summed E-state index contributed by atoms with van der Waals surface area (Å²) in [6.45, 7) is 3.32. The van der Waals surface area contributed by atoms with Crippen LogP contribution in [0.1, 0.15) is 31.9 Å². The van der Waals surface area contributed by atoms with Gasteiger partial charge in [0.25, 0.3) is 0 Å². The molecule has 2 amide bonds. The van der Waals surface area contributed by atoms with Crippen molar-refractivity contribution in [3.8, 4) is 0 Å². The van der Waals surface area contributed by atoms with Crippen LogP contribution in [0.3, 0.4) is 0 Å². The molecule has 5 heteroatoms. The number of imide groups is 1. The van der Waals surface area contributed by atoms with E-state index >= 15 is 0 Å². The van der Waals surface area contributed by atoms with Gasteiger partial charge in [-0.1, -0.05) is 26.0 Å². The summed E-state index contributed by atoms with van der Waals surface area (Å²) in [6, 6.07) is 5.35. The van der Waals surface area contributed by atoms with Gasteiger partial charge in [-0.15, -0.1) is 0 Å². The van der Waals surface area contributed by atoms with Gasteiger partial charge in [-0.2, -0.15) is 0 Å². The van der Waals surface area contributed by atoms with Gasteiger partial charge in [0, 0.05) is 6.42 Å². The highest BCUT2D eigenvalue weighted by molar-refractivity contribution is 6.05. The zero-order valence-corrected chi connectivity index (χ0v) is 10.9. The Balaban J connectivity index is 2.11. The first kappa shape index (κ1) is 13.7. The Hall–Kier alpha value is -1.75. The van der Waals surface area contributed by atoms with Crippen LogP contribution in [0.4, 0.5) is 4.39 Å². The first-order valence-corrected chi connectivity index (χ1v) is 6.09. The molecule has 0 aliphatic carbocycles. The number of halogens is 1. The molecule has 4 nitrogen and oxygen atoms in total. The Morgan fingerprint density at radius 1 is 1.32 bits per heavy atom. The summed E-state index contributed by atoms with van der Waals surface area (Å²) < 4.78 is 12.8. The Morgan fingerprint density at radius 2 is 1.89 bits per heavy atom. The van der Waals surface area contributed by atoms with E-state index in [1.165, 1.54) is 24.3 Å². The Labute approximate surface area is 110 Å². The van der Waals surface area contributed by atoms with Crippen molar-refractivity contribution in [2.75, 3.05) is 6.54 Å². The van der Waals surface area contributed by atoms with E-state index in [1.54, 1.807) is 13.8 Å². The van der Waals surface area contributed by atoms with Crippen LogP contribution in [0.15, 0.2) is 24.3 Å². The van der Waals surface area contributed by atoms with Gasteiger partial charge in [-0.3, -0.25) is 14.5 Å². The molecule has 1 N–H and O–H groups in total. The predicted octanol–water partition coefficient (Wildman–Crippen LogP) is 1.64. The molecule has 1 aromatic carbocycles. The molecule has 0 saturated carbocycles. The van der Waals surface area contributed by atoms with E-state index in [-0.39, 0.29) is 24.8 Å². The second-order valence-electron chi connectivity index (χ2n) is 5.44. The van der Waals surface area contributed by atoms with E-state index in [9.17, 15) is 19.1 Å². The lowest BCUT2D eigenvalue weighted by Gasteiger charge is -2.21. The molecule has 1 unspecified atom stereocenters. The molecule has 0 aromatic heterocycles. The summed E-state index contributed by atoms with van der Waals surface area (Å²) in [7, 11) is 0. The second-order valence-corrected chi connectivity index (χ2v) is 5.44. The molecule has 0 radical (unpaired) electrons. The Bertz CT molecular complexity index is 510. The number of hydrogen-bond acceptors (Lipinski definition) is 3.